The van der Waals surface area contributed by atoms with Crippen LogP contribution < -0.4 is 5.32 Å². The summed E-state index contributed by atoms with van der Waals surface area (Å²) in [5, 5.41) is 3.31. The summed E-state index contributed by atoms with van der Waals surface area (Å²) in [6, 6.07) is 5.01. The average Bonchev–Trinajstić information content (AvgIpc) is 2.80. The number of imidazole rings is 1. The smallest absolute Gasteiger partial charge is 0.175 e. The molecular weight excluding hydrogens is 276 g/mol. The highest BCUT2D eigenvalue weighted by Gasteiger charge is 2.13. The number of hydrogen-bond donors (Lipinski definition) is 2. The molecule has 1 saturated heterocycles. The number of hydrogen-bond acceptors (Lipinski definition) is 5. The van der Waals surface area contributed by atoms with Gasteiger partial charge in [0.05, 0.1) is 22.5 Å². The van der Waals surface area contributed by atoms with E-state index < -0.39 is 9.84 Å². The zero-order valence-electron chi connectivity index (χ0n) is 11.4. The topological polar surface area (TPSA) is 78.1 Å². The zero-order valence-corrected chi connectivity index (χ0v) is 12.2. The van der Waals surface area contributed by atoms with Gasteiger partial charge in [-0.15, -0.1) is 0 Å². The number of aromatic amines is 1. The molecule has 1 aliphatic rings. The Labute approximate surface area is 118 Å². The molecule has 0 aliphatic carbocycles. The monoisotopic (exact) mass is 294 g/mol. The second-order valence-electron chi connectivity index (χ2n) is 5.16. The number of H-pyrrole nitrogens is 1. The van der Waals surface area contributed by atoms with Crippen molar-refractivity contribution < 1.29 is 8.42 Å². The van der Waals surface area contributed by atoms with Gasteiger partial charge in [-0.25, -0.2) is 13.4 Å². The maximum Gasteiger partial charge on any atom is 0.175 e. The summed E-state index contributed by atoms with van der Waals surface area (Å²) >= 11 is 0. The first-order valence-electron chi connectivity index (χ1n) is 6.64. The van der Waals surface area contributed by atoms with Crippen molar-refractivity contribution in [2.24, 2.45) is 0 Å². The van der Waals surface area contributed by atoms with Gasteiger partial charge in [-0.3, -0.25) is 4.90 Å². The third-order valence-corrected chi connectivity index (χ3v) is 4.62. The normalized spacial score (nSPS) is 17.6. The van der Waals surface area contributed by atoms with Crippen molar-refractivity contribution in [3.63, 3.8) is 0 Å². The summed E-state index contributed by atoms with van der Waals surface area (Å²) in [5.74, 6) is 0.882. The second-order valence-corrected chi connectivity index (χ2v) is 7.18. The minimum Gasteiger partial charge on any atom is -0.341 e. The summed E-state index contributed by atoms with van der Waals surface area (Å²) < 4.78 is 23.1. The molecule has 108 valence electrons. The van der Waals surface area contributed by atoms with Gasteiger partial charge in [-0.05, 0) is 18.2 Å². The maximum atomic E-state index is 11.6. The van der Waals surface area contributed by atoms with Crippen LogP contribution in [0.25, 0.3) is 11.0 Å². The van der Waals surface area contributed by atoms with Gasteiger partial charge in [0.15, 0.2) is 9.84 Å². The van der Waals surface area contributed by atoms with E-state index >= 15 is 0 Å². The largest absolute Gasteiger partial charge is 0.341 e. The second kappa shape index (κ2) is 5.16. The van der Waals surface area contributed by atoms with Gasteiger partial charge in [0.1, 0.15) is 5.82 Å². The molecule has 1 fully saturated rings. The van der Waals surface area contributed by atoms with E-state index in [-0.39, 0.29) is 0 Å². The molecule has 6 nitrogen and oxygen atoms in total. The first-order chi connectivity index (χ1) is 9.52. The number of sulfone groups is 1. The molecule has 0 amide bonds. The van der Waals surface area contributed by atoms with Crippen molar-refractivity contribution in [2.45, 2.75) is 11.4 Å². The van der Waals surface area contributed by atoms with Crippen LogP contribution in [0.1, 0.15) is 5.82 Å². The van der Waals surface area contributed by atoms with E-state index in [4.69, 9.17) is 0 Å². The fraction of sp³-hybridized carbons (Fsp3) is 0.462. The summed E-state index contributed by atoms with van der Waals surface area (Å²) in [6.45, 7) is 4.78. The summed E-state index contributed by atoms with van der Waals surface area (Å²) in [4.78, 5) is 10.4. The zero-order chi connectivity index (χ0) is 14.2. The Bertz CT molecular complexity index is 717. The van der Waals surface area contributed by atoms with Gasteiger partial charge in [0.25, 0.3) is 0 Å². The van der Waals surface area contributed by atoms with Crippen molar-refractivity contribution in [3.8, 4) is 0 Å². The lowest BCUT2D eigenvalue weighted by atomic mass is 10.3. The van der Waals surface area contributed by atoms with Gasteiger partial charge in [0.2, 0.25) is 0 Å². The van der Waals surface area contributed by atoms with Crippen LogP contribution in [0.2, 0.25) is 0 Å². The first-order valence-corrected chi connectivity index (χ1v) is 8.53. The number of piperazine rings is 1. The number of fused-ring (bicyclic) bond motifs is 1. The minimum absolute atomic E-state index is 0.322. The number of benzene rings is 1. The highest BCUT2D eigenvalue weighted by atomic mass is 32.2. The average molecular weight is 294 g/mol. The van der Waals surface area contributed by atoms with Gasteiger partial charge >= 0.3 is 0 Å². The van der Waals surface area contributed by atoms with Crippen LogP contribution in [-0.4, -0.2) is 55.7 Å². The van der Waals surface area contributed by atoms with E-state index in [0.29, 0.717) is 4.90 Å². The highest BCUT2D eigenvalue weighted by molar-refractivity contribution is 7.90. The van der Waals surface area contributed by atoms with Gasteiger partial charge in [-0.2, -0.15) is 0 Å². The number of rotatable bonds is 3. The van der Waals surface area contributed by atoms with Crippen LogP contribution >= 0.6 is 0 Å². The van der Waals surface area contributed by atoms with Gasteiger partial charge in [-0.1, -0.05) is 0 Å². The Morgan fingerprint density at radius 1 is 1.30 bits per heavy atom. The van der Waals surface area contributed by atoms with E-state index in [1.165, 1.54) is 6.26 Å². The Morgan fingerprint density at radius 3 is 2.75 bits per heavy atom. The Morgan fingerprint density at radius 2 is 2.05 bits per heavy atom. The third-order valence-electron chi connectivity index (χ3n) is 3.51. The SMILES string of the molecule is CS(=O)(=O)c1ccc2nc(CN3CCNCC3)[nH]c2c1. The summed E-state index contributed by atoms with van der Waals surface area (Å²) in [5.41, 5.74) is 1.58. The van der Waals surface area contributed by atoms with Crippen LogP contribution in [0.4, 0.5) is 0 Å². The van der Waals surface area contributed by atoms with Crippen molar-refractivity contribution >= 4 is 20.9 Å². The molecule has 1 aliphatic heterocycles. The lowest BCUT2D eigenvalue weighted by molar-refractivity contribution is 0.229. The van der Waals surface area contributed by atoms with E-state index in [0.717, 1.165) is 49.6 Å². The molecule has 0 atom stereocenters. The highest BCUT2D eigenvalue weighted by Crippen LogP contribution is 2.18. The quantitative estimate of drug-likeness (QED) is 0.855. The fourth-order valence-corrected chi connectivity index (χ4v) is 3.08. The first kappa shape index (κ1) is 13.5. The fourth-order valence-electron chi connectivity index (χ4n) is 2.43. The van der Waals surface area contributed by atoms with E-state index in [1.54, 1.807) is 18.2 Å². The standard InChI is InChI=1S/C13H18N4O2S/c1-20(18,19)10-2-3-11-12(8-10)16-13(15-11)9-17-6-4-14-5-7-17/h2-3,8,14H,4-7,9H2,1H3,(H,15,16). The molecule has 20 heavy (non-hydrogen) atoms. The Balaban J connectivity index is 1.86. The van der Waals surface area contributed by atoms with Crippen LogP contribution in [-0.2, 0) is 16.4 Å². The minimum atomic E-state index is -3.18. The lowest BCUT2D eigenvalue weighted by Gasteiger charge is -2.26. The van der Waals surface area contributed by atoms with Gasteiger partial charge < -0.3 is 10.3 Å². The molecular formula is C13H18N4O2S. The number of aromatic nitrogens is 2. The van der Waals surface area contributed by atoms with E-state index in [1.807, 2.05) is 0 Å². The number of nitrogens with one attached hydrogen (secondary N) is 2. The molecule has 0 radical (unpaired) electrons. The molecule has 3 rings (SSSR count). The predicted octanol–water partition coefficient (Wildman–Crippen LogP) is 0.372. The number of nitrogens with zero attached hydrogens (tertiary/aromatic N) is 2. The molecule has 0 saturated carbocycles. The summed E-state index contributed by atoms with van der Waals surface area (Å²) in [7, 11) is -3.18. The maximum absolute atomic E-state index is 11.6. The van der Waals surface area contributed by atoms with E-state index in [2.05, 4.69) is 20.2 Å². The van der Waals surface area contributed by atoms with Crippen LogP contribution in [0.15, 0.2) is 23.1 Å². The molecule has 1 aromatic heterocycles. The van der Waals surface area contributed by atoms with Crippen LogP contribution in [0.3, 0.4) is 0 Å². The molecule has 0 unspecified atom stereocenters. The van der Waals surface area contributed by atoms with Crippen molar-refractivity contribution in [3.05, 3.63) is 24.0 Å². The molecule has 0 bridgehead atoms. The summed E-state index contributed by atoms with van der Waals surface area (Å²) in [6.07, 6.45) is 1.21. The van der Waals surface area contributed by atoms with E-state index in [9.17, 15) is 8.42 Å². The lowest BCUT2D eigenvalue weighted by Crippen LogP contribution is -2.43. The van der Waals surface area contributed by atoms with Crippen molar-refractivity contribution in [1.82, 2.24) is 20.2 Å². The third kappa shape index (κ3) is 2.84. The molecule has 1 aromatic carbocycles. The van der Waals surface area contributed by atoms with Gasteiger partial charge in [0, 0.05) is 32.4 Å². The van der Waals surface area contributed by atoms with Crippen molar-refractivity contribution in [1.29, 1.82) is 0 Å². The molecule has 0 spiro atoms. The molecule has 2 heterocycles. The molecule has 7 heteroatoms. The van der Waals surface area contributed by atoms with Crippen LogP contribution in [0, 0.1) is 0 Å². The van der Waals surface area contributed by atoms with Crippen LogP contribution in [0.5, 0.6) is 0 Å². The molecule has 2 aromatic rings. The Kier molecular flexibility index (Phi) is 3.49. The predicted molar refractivity (Wildman–Crippen MR) is 77.4 cm³/mol. The van der Waals surface area contributed by atoms with Crippen molar-refractivity contribution in [2.75, 3.05) is 32.4 Å². The molecule has 2 N–H and O–H groups in total. The Hall–Kier alpha value is -1.44.